The first-order valence-corrected chi connectivity index (χ1v) is 12.2. The number of benzene rings is 3. The Labute approximate surface area is 191 Å². The lowest BCUT2D eigenvalue weighted by molar-refractivity contribution is -0.664. The first-order valence-electron chi connectivity index (χ1n) is 10.6. The molecule has 31 heavy (non-hydrogen) atoms. The molecule has 0 amide bonds. The maximum Gasteiger partial charge on any atom is 0.262 e. The number of aromatic nitrogens is 1. The van der Waals surface area contributed by atoms with Gasteiger partial charge in [-0.3, -0.25) is 0 Å². The van der Waals surface area contributed by atoms with E-state index < -0.39 is 0 Å². The van der Waals surface area contributed by atoms with Gasteiger partial charge in [0.05, 0.1) is 23.2 Å². The lowest BCUT2D eigenvalue weighted by atomic mass is 10.1. The number of nitrogens with zero attached hydrogens (tertiary/aromatic N) is 2. The number of ether oxygens (including phenoxy) is 1. The maximum absolute atomic E-state index is 5.42. The Hall–Kier alpha value is -2.76. The van der Waals surface area contributed by atoms with E-state index in [0.29, 0.717) is 0 Å². The highest BCUT2D eigenvalue weighted by atomic mass is 32.2. The van der Waals surface area contributed by atoms with E-state index in [1.165, 1.54) is 41.6 Å². The summed E-state index contributed by atoms with van der Waals surface area (Å²) in [5.74, 6) is 0.899. The van der Waals surface area contributed by atoms with Gasteiger partial charge < -0.3 is 9.64 Å². The second-order valence-corrected chi connectivity index (χ2v) is 9.49. The van der Waals surface area contributed by atoms with Gasteiger partial charge in [0.15, 0.2) is 0 Å². The SMILES string of the molecule is CCN1/C(=C/C=C/c2sc3ccc4ccccc4c3[n+]2CC)Sc2ccc(OC)cc21. The summed E-state index contributed by atoms with van der Waals surface area (Å²) in [6, 6.07) is 19.4. The van der Waals surface area contributed by atoms with Crippen LogP contribution in [0, 0.1) is 0 Å². The number of hydrogen-bond acceptors (Lipinski definition) is 4. The Balaban J connectivity index is 1.51. The zero-order valence-corrected chi connectivity index (χ0v) is 19.6. The summed E-state index contributed by atoms with van der Waals surface area (Å²) in [5, 5.41) is 5.14. The molecule has 0 aliphatic carbocycles. The number of hydrogen-bond donors (Lipinski definition) is 0. The zero-order valence-electron chi connectivity index (χ0n) is 18.0. The lowest BCUT2D eigenvalue weighted by Crippen LogP contribution is -2.33. The molecule has 0 N–H and O–H groups in total. The van der Waals surface area contributed by atoms with Crippen LogP contribution in [0.1, 0.15) is 18.9 Å². The molecule has 1 aliphatic rings. The third kappa shape index (κ3) is 3.52. The van der Waals surface area contributed by atoms with Crippen molar-refractivity contribution >= 4 is 55.9 Å². The third-order valence-corrected chi connectivity index (χ3v) is 7.91. The van der Waals surface area contributed by atoms with Crippen LogP contribution in [-0.4, -0.2) is 13.7 Å². The molecule has 2 heterocycles. The molecule has 0 unspecified atom stereocenters. The second kappa shape index (κ2) is 8.40. The topological polar surface area (TPSA) is 16.4 Å². The average Bonchev–Trinajstić information content (AvgIpc) is 3.35. The van der Waals surface area contributed by atoms with Crippen molar-refractivity contribution in [1.29, 1.82) is 0 Å². The van der Waals surface area contributed by atoms with Gasteiger partial charge in [-0.05, 0) is 49.6 Å². The Kier molecular flexibility index (Phi) is 5.47. The molecule has 0 radical (unpaired) electrons. The van der Waals surface area contributed by atoms with E-state index in [2.05, 4.69) is 90.1 Å². The molecule has 0 fully saturated rings. The molecule has 5 heteroatoms. The van der Waals surface area contributed by atoms with Crippen LogP contribution in [0.15, 0.2) is 76.7 Å². The highest BCUT2D eigenvalue weighted by molar-refractivity contribution is 8.03. The molecule has 0 spiro atoms. The van der Waals surface area contributed by atoms with Crippen molar-refractivity contribution in [3.05, 3.63) is 76.8 Å². The van der Waals surface area contributed by atoms with Crippen LogP contribution >= 0.6 is 23.1 Å². The number of anilines is 1. The van der Waals surface area contributed by atoms with Crippen molar-refractivity contribution in [1.82, 2.24) is 0 Å². The molecule has 0 atom stereocenters. The van der Waals surface area contributed by atoms with Gasteiger partial charge in [-0.15, -0.1) is 0 Å². The summed E-state index contributed by atoms with van der Waals surface area (Å²) in [6.07, 6.45) is 6.66. The minimum absolute atomic E-state index is 0.899. The van der Waals surface area contributed by atoms with E-state index in [1.54, 1.807) is 7.11 Å². The highest BCUT2D eigenvalue weighted by Crippen LogP contribution is 2.47. The van der Waals surface area contributed by atoms with Crippen LogP contribution in [0.5, 0.6) is 5.75 Å². The van der Waals surface area contributed by atoms with E-state index in [1.807, 2.05) is 29.2 Å². The number of rotatable bonds is 5. The number of fused-ring (bicyclic) bond motifs is 4. The van der Waals surface area contributed by atoms with E-state index in [4.69, 9.17) is 4.74 Å². The molecule has 3 aromatic carbocycles. The Bertz CT molecular complexity index is 1340. The van der Waals surface area contributed by atoms with Gasteiger partial charge in [-0.2, -0.15) is 4.57 Å². The normalized spacial score (nSPS) is 14.9. The predicted octanol–water partition coefficient (Wildman–Crippen LogP) is 6.86. The lowest BCUT2D eigenvalue weighted by Gasteiger charge is -2.18. The Morgan fingerprint density at radius 3 is 2.74 bits per heavy atom. The van der Waals surface area contributed by atoms with Gasteiger partial charge >= 0.3 is 0 Å². The van der Waals surface area contributed by atoms with E-state index >= 15 is 0 Å². The summed E-state index contributed by atoms with van der Waals surface area (Å²) < 4.78 is 9.18. The fourth-order valence-electron chi connectivity index (χ4n) is 4.18. The van der Waals surface area contributed by atoms with Crippen molar-refractivity contribution in [3.8, 4) is 5.75 Å². The molecular formula is C26H25N2OS2+. The van der Waals surface area contributed by atoms with Gasteiger partial charge in [-0.1, -0.05) is 53.4 Å². The summed E-state index contributed by atoms with van der Waals surface area (Å²) in [4.78, 5) is 3.62. The number of thiazole rings is 1. The van der Waals surface area contributed by atoms with Gasteiger partial charge in [0.2, 0.25) is 5.52 Å². The van der Waals surface area contributed by atoms with Gasteiger partial charge in [0.25, 0.3) is 5.01 Å². The summed E-state index contributed by atoms with van der Waals surface area (Å²) >= 11 is 3.67. The van der Waals surface area contributed by atoms with E-state index in [-0.39, 0.29) is 0 Å². The molecule has 156 valence electrons. The molecule has 0 saturated heterocycles. The van der Waals surface area contributed by atoms with Crippen molar-refractivity contribution in [3.63, 3.8) is 0 Å². The fourth-order valence-corrected chi connectivity index (χ4v) is 6.46. The van der Waals surface area contributed by atoms with Crippen LogP contribution in [0.4, 0.5) is 5.69 Å². The van der Waals surface area contributed by atoms with Crippen LogP contribution in [0.2, 0.25) is 0 Å². The van der Waals surface area contributed by atoms with Crippen molar-refractivity contribution in [2.24, 2.45) is 0 Å². The number of thioether (sulfide) groups is 1. The minimum atomic E-state index is 0.899. The maximum atomic E-state index is 5.42. The monoisotopic (exact) mass is 445 g/mol. The van der Waals surface area contributed by atoms with Gasteiger partial charge in [0.1, 0.15) is 17.0 Å². The zero-order chi connectivity index (χ0) is 21.4. The molecule has 0 saturated carbocycles. The predicted molar refractivity (Wildman–Crippen MR) is 134 cm³/mol. The van der Waals surface area contributed by atoms with Crippen LogP contribution in [-0.2, 0) is 6.54 Å². The quantitative estimate of drug-likeness (QED) is 0.312. The highest BCUT2D eigenvalue weighted by Gasteiger charge is 2.24. The summed E-state index contributed by atoms with van der Waals surface area (Å²) in [7, 11) is 1.72. The smallest absolute Gasteiger partial charge is 0.262 e. The molecule has 0 bridgehead atoms. The van der Waals surface area contributed by atoms with Gasteiger partial charge in [-0.25, -0.2) is 0 Å². The summed E-state index contributed by atoms with van der Waals surface area (Å²) in [6.45, 7) is 6.29. The number of methoxy groups -OCH3 is 1. The van der Waals surface area contributed by atoms with Crippen LogP contribution < -0.4 is 14.2 Å². The van der Waals surface area contributed by atoms with Crippen LogP contribution in [0.25, 0.3) is 27.1 Å². The largest absolute Gasteiger partial charge is 0.497 e. The average molecular weight is 446 g/mol. The molecule has 4 aromatic rings. The van der Waals surface area contributed by atoms with Crippen molar-refractivity contribution in [2.75, 3.05) is 18.6 Å². The Morgan fingerprint density at radius 2 is 1.94 bits per heavy atom. The van der Waals surface area contributed by atoms with E-state index in [9.17, 15) is 0 Å². The standard InChI is InChI=1S/C26H25N2OS2/c1-4-27-21-17-19(29-3)14-16-22(21)30-24(27)11-8-12-25-28(5-2)26-20-10-7-6-9-18(20)13-15-23(26)31-25/h6-17H,4-5H2,1-3H3/q+1. The molecule has 1 aromatic heterocycles. The third-order valence-electron chi connectivity index (χ3n) is 5.66. The first-order chi connectivity index (χ1) is 15.2. The number of aryl methyl sites for hydroxylation is 1. The molecule has 1 aliphatic heterocycles. The second-order valence-electron chi connectivity index (χ2n) is 7.36. The number of allylic oxidation sites excluding steroid dienone is 2. The molecular weight excluding hydrogens is 420 g/mol. The fraction of sp³-hybridized carbons (Fsp3) is 0.192. The minimum Gasteiger partial charge on any atom is -0.497 e. The summed E-state index contributed by atoms with van der Waals surface area (Å²) in [5.41, 5.74) is 2.56. The van der Waals surface area contributed by atoms with Crippen LogP contribution in [0.3, 0.4) is 0 Å². The Morgan fingerprint density at radius 1 is 1.06 bits per heavy atom. The molecule has 5 rings (SSSR count). The van der Waals surface area contributed by atoms with Gasteiger partial charge in [0, 0.05) is 23.6 Å². The van der Waals surface area contributed by atoms with Crippen molar-refractivity contribution < 1.29 is 9.30 Å². The van der Waals surface area contributed by atoms with E-state index in [0.717, 1.165) is 18.8 Å². The molecule has 3 nitrogen and oxygen atoms in total. The first kappa shape index (κ1) is 20.2. The van der Waals surface area contributed by atoms with Crippen molar-refractivity contribution in [2.45, 2.75) is 25.3 Å².